The van der Waals surface area contributed by atoms with E-state index in [1.165, 1.54) is 4.90 Å². The number of unbranched alkanes of at least 4 members (excludes halogenated alkanes) is 1. The lowest BCUT2D eigenvalue weighted by atomic mass is 10.1. The second-order valence-electron chi connectivity index (χ2n) is 7.06. The van der Waals surface area contributed by atoms with Gasteiger partial charge in [-0.3, -0.25) is 19.5 Å². The molecule has 2 N–H and O–H groups in total. The van der Waals surface area contributed by atoms with E-state index in [4.69, 9.17) is 9.47 Å². The number of amides is 2. The van der Waals surface area contributed by atoms with Gasteiger partial charge in [0.1, 0.15) is 0 Å². The molecule has 0 spiro atoms. The van der Waals surface area contributed by atoms with Gasteiger partial charge in [0, 0.05) is 26.7 Å². The number of nitrogens with zero attached hydrogens (tertiary/aromatic N) is 2. The Kier molecular flexibility index (Phi) is 7.48. The number of imide groups is 1. The largest absolute Gasteiger partial charge is 0.493 e. The number of ether oxygens (including phenoxy) is 2. The Morgan fingerprint density at radius 2 is 1.61 bits per heavy atom. The molecule has 0 atom stereocenters. The summed E-state index contributed by atoms with van der Waals surface area (Å²) in [5.41, 5.74) is 2.02. The molecule has 1 heterocycles. The Morgan fingerprint density at radius 1 is 0.935 bits per heavy atom. The minimum absolute atomic E-state index is 0.207. The number of hydrogen-bond acceptors (Lipinski definition) is 5. The van der Waals surface area contributed by atoms with E-state index >= 15 is 0 Å². The Morgan fingerprint density at radius 3 is 2.23 bits per heavy atom. The van der Waals surface area contributed by atoms with Crippen molar-refractivity contribution in [2.45, 2.75) is 19.4 Å². The van der Waals surface area contributed by atoms with Crippen LogP contribution in [0.15, 0.2) is 47.5 Å². The van der Waals surface area contributed by atoms with Crippen molar-refractivity contribution in [3.8, 4) is 11.5 Å². The van der Waals surface area contributed by atoms with Gasteiger partial charge in [0.25, 0.3) is 11.8 Å². The van der Waals surface area contributed by atoms with Gasteiger partial charge < -0.3 is 20.1 Å². The van der Waals surface area contributed by atoms with E-state index in [0.29, 0.717) is 54.6 Å². The Balaban J connectivity index is 1.40. The third kappa shape index (κ3) is 5.14. The number of hydrogen-bond donors (Lipinski definition) is 2. The SMILES string of the molecule is CN=C(NCCCCN1C(=O)c2ccccc2C1=O)NCc1ccc(OC)c(OC)c1. The van der Waals surface area contributed by atoms with Gasteiger partial charge in [-0.25, -0.2) is 0 Å². The van der Waals surface area contributed by atoms with E-state index < -0.39 is 0 Å². The summed E-state index contributed by atoms with van der Waals surface area (Å²) < 4.78 is 10.6. The number of nitrogens with one attached hydrogen (secondary N) is 2. The Bertz CT molecular complexity index is 939. The lowest BCUT2D eigenvalue weighted by Crippen LogP contribution is -2.37. The lowest BCUT2D eigenvalue weighted by molar-refractivity contribution is 0.0652. The van der Waals surface area contributed by atoms with E-state index in [1.807, 2.05) is 18.2 Å². The predicted molar refractivity (Wildman–Crippen MR) is 119 cm³/mol. The number of methoxy groups -OCH3 is 2. The van der Waals surface area contributed by atoms with Crippen molar-refractivity contribution in [1.29, 1.82) is 0 Å². The van der Waals surface area contributed by atoms with Gasteiger partial charge in [-0.1, -0.05) is 18.2 Å². The Hall–Kier alpha value is -3.55. The second-order valence-corrected chi connectivity index (χ2v) is 7.06. The van der Waals surface area contributed by atoms with E-state index in [1.54, 1.807) is 45.5 Å². The molecule has 0 unspecified atom stereocenters. The molecule has 8 heteroatoms. The normalized spacial score (nSPS) is 13.3. The molecule has 0 saturated carbocycles. The van der Waals surface area contributed by atoms with Gasteiger partial charge in [-0.15, -0.1) is 0 Å². The van der Waals surface area contributed by atoms with Crippen LogP contribution in [0, 0.1) is 0 Å². The molecule has 3 rings (SSSR count). The topological polar surface area (TPSA) is 92.3 Å². The number of benzene rings is 2. The standard InChI is InChI=1S/C23H28N4O4/c1-24-23(26-15-16-10-11-19(30-2)20(14-16)31-3)25-12-6-7-13-27-21(28)17-8-4-5-9-18(17)22(27)29/h4-5,8-11,14H,6-7,12-13,15H2,1-3H3,(H2,24,25,26). The monoisotopic (exact) mass is 424 g/mol. The zero-order chi connectivity index (χ0) is 22.2. The fourth-order valence-electron chi connectivity index (χ4n) is 3.44. The van der Waals surface area contributed by atoms with E-state index in [2.05, 4.69) is 15.6 Å². The van der Waals surface area contributed by atoms with Crippen LogP contribution in [-0.4, -0.2) is 57.0 Å². The maximum atomic E-state index is 12.4. The summed E-state index contributed by atoms with van der Waals surface area (Å²) in [6.45, 7) is 1.66. The zero-order valence-electron chi connectivity index (χ0n) is 18.1. The van der Waals surface area contributed by atoms with Crippen LogP contribution in [0.2, 0.25) is 0 Å². The molecule has 0 aliphatic carbocycles. The summed E-state index contributed by atoms with van der Waals surface area (Å²) in [7, 11) is 4.93. The highest BCUT2D eigenvalue weighted by Crippen LogP contribution is 2.27. The van der Waals surface area contributed by atoms with Gasteiger partial charge in [0.05, 0.1) is 25.3 Å². The van der Waals surface area contributed by atoms with Crippen LogP contribution in [0.4, 0.5) is 0 Å². The summed E-state index contributed by atoms with van der Waals surface area (Å²) in [6.07, 6.45) is 1.51. The Labute approximate surface area is 182 Å². The molecule has 8 nitrogen and oxygen atoms in total. The van der Waals surface area contributed by atoms with E-state index in [-0.39, 0.29) is 11.8 Å². The molecule has 2 aromatic rings. The van der Waals surface area contributed by atoms with Gasteiger partial charge in [-0.2, -0.15) is 0 Å². The van der Waals surface area contributed by atoms with Crippen molar-refractivity contribution < 1.29 is 19.1 Å². The maximum Gasteiger partial charge on any atom is 0.261 e. The molecule has 2 aromatic carbocycles. The van der Waals surface area contributed by atoms with E-state index in [9.17, 15) is 9.59 Å². The fourth-order valence-corrected chi connectivity index (χ4v) is 3.44. The van der Waals surface area contributed by atoms with Crippen LogP contribution in [0.5, 0.6) is 11.5 Å². The third-order valence-corrected chi connectivity index (χ3v) is 5.11. The van der Waals surface area contributed by atoms with Crippen molar-refractivity contribution in [3.63, 3.8) is 0 Å². The van der Waals surface area contributed by atoms with Crippen LogP contribution in [0.1, 0.15) is 39.1 Å². The lowest BCUT2D eigenvalue weighted by Gasteiger charge is -2.15. The first kappa shape index (κ1) is 22.1. The summed E-state index contributed by atoms with van der Waals surface area (Å²) in [4.78, 5) is 30.3. The molecule has 1 aliphatic rings. The highest BCUT2D eigenvalue weighted by Gasteiger charge is 2.34. The molecule has 0 fully saturated rings. The molecule has 1 aliphatic heterocycles. The van der Waals surface area contributed by atoms with Gasteiger partial charge >= 0.3 is 0 Å². The molecule has 0 bridgehead atoms. The summed E-state index contributed by atoms with van der Waals surface area (Å²) in [5, 5.41) is 6.51. The van der Waals surface area contributed by atoms with Crippen LogP contribution < -0.4 is 20.1 Å². The van der Waals surface area contributed by atoms with Crippen molar-refractivity contribution in [2.24, 2.45) is 4.99 Å². The molecular formula is C23H28N4O4. The van der Waals surface area contributed by atoms with Crippen molar-refractivity contribution in [2.75, 3.05) is 34.4 Å². The number of aliphatic imine (C=N–C) groups is 1. The summed E-state index contributed by atoms with van der Waals surface area (Å²) in [6, 6.07) is 12.7. The molecule has 0 aromatic heterocycles. The van der Waals surface area contributed by atoms with Crippen LogP contribution in [0.3, 0.4) is 0 Å². The van der Waals surface area contributed by atoms with Crippen LogP contribution in [0.25, 0.3) is 0 Å². The third-order valence-electron chi connectivity index (χ3n) is 5.11. The number of guanidine groups is 1. The quantitative estimate of drug-likeness (QED) is 0.278. The van der Waals surface area contributed by atoms with Crippen LogP contribution >= 0.6 is 0 Å². The highest BCUT2D eigenvalue weighted by molar-refractivity contribution is 6.21. The van der Waals surface area contributed by atoms with Gasteiger partial charge in [0.2, 0.25) is 0 Å². The highest BCUT2D eigenvalue weighted by atomic mass is 16.5. The number of carbonyl (C=O) groups excluding carboxylic acids is 2. The van der Waals surface area contributed by atoms with Gasteiger partial charge in [0.15, 0.2) is 17.5 Å². The average molecular weight is 425 g/mol. The predicted octanol–water partition coefficient (Wildman–Crippen LogP) is 2.45. The van der Waals surface area contributed by atoms with E-state index in [0.717, 1.165) is 12.0 Å². The van der Waals surface area contributed by atoms with Crippen molar-refractivity contribution in [3.05, 3.63) is 59.2 Å². The number of fused-ring (bicyclic) bond motifs is 1. The molecule has 2 amide bonds. The first-order chi connectivity index (χ1) is 15.1. The first-order valence-electron chi connectivity index (χ1n) is 10.2. The average Bonchev–Trinajstić information content (AvgIpc) is 3.05. The smallest absolute Gasteiger partial charge is 0.261 e. The second kappa shape index (κ2) is 10.5. The zero-order valence-corrected chi connectivity index (χ0v) is 18.1. The molecular weight excluding hydrogens is 396 g/mol. The summed E-state index contributed by atoms with van der Waals surface area (Å²) >= 11 is 0. The molecule has 0 radical (unpaired) electrons. The van der Waals surface area contributed by atoms with Crippen LogP contribution in [-0.2, 0) is 6.54 Å². The molecule has 31 heavy (non-hydrogen) atoms. The first-order valence-corrected chi connectivity index (χ1v) is 10.2. The summed E-state index contributed by atoms with van der Waals surface area (Å²) in [5.74, 6) is 1.63. The number of rotatable bonds is 9. The molecule has 164 valence electrons. The minimum atomic E-state index is -0.207. The van der Waals surface area contributed by atoms with Crippen molar-refractivity contribution in [1.82, 2.24) is 15.5 Å². The van der Waals surface area contributed by atoms with Crippen molar-refractivity contribution >= 4 is 17.8 Å². The fraction of sp³-hybridized carbons (Fsp3) is 0.348. The minimum Gasteiger partial charge on any atom is -0.493 e. The molecule has 0 saturated heterocycles. The maximum absolute atomic E-state index is 12.4. The van der Waals surface area contributed by atoms with Gasteiger partial charge in [-0.05, 0) is 42.7 Å². The number of carbonyl (C=O) groups is 2.